The Bertz CT molecular complexity index is 434. The summed E-state index contributed by atoms with van der Waals surface area (Å²) in [6, 6.07) is 9.01. The molecule has 0 heterocycles. The molecule has 5 nitrogen and oxygen atoms in total. The van der Waals surface area contributed by atoms with Crippen LogP contribution in [0.2, 0.25) is 0 Å². The van der Waals surface area contributed by atoms with Crippen LogP contribution < -0.4 is 10.6 Å². The lowest BCUT2D eigenvalue weighted by Gasteiger charge is -2.25. The number of carbonyl (C=O) groups is 2. The van der Waals surface area contributed by atoms with Crippen molar-refractivity contribution in [3.8, 4) is 0 Å². The molecule has 2 amide bonds. The smallest absolute Gasteiger partial charge is 0.411 e. The topological polar surface area (TPSA) is 67.4 Å². The van der Waals surface area contributed by atoms with E-state index in [0.29, 0.717) is 12.1 Å². The van der Waals surface area contributed by atoms with Gasteiger partial charge in [0.1, 0.15) is 6.61 Å². The molecule has 1 rings (SSSR count). The summed E-state index contributed by atoms with van der Waals surface area (Å²) < 4.78 is 5.11. The van der Waals surface area contributed by atoms with Crippen LogP contribution in [0.1, 0.15) is 20.3 Å². The lowest BCUT2D eigenvalue weighted by Crippen LogP contribution is -2.40. The van der Waals surface area contributed by atoms with Gasteiger partial charge in [-0.2, -0.15) is 0 Å². The Hall–Kier alpha value is -2.04. The molecule has 0 saturated carbocycles. The predicted molar refractivity (Wildman–Crippen MR) is 73.9 cm³/mol. The van der Waals surface area contributed by atoms with Crippen molar-refractivity contribution in [3.05, 3.63) is 30.3 Å². The molecule has 0 fully saturated rings. The summed E-state index contributed by atoms with van der Waals surface area (Å²) in [6.07, 6.45) is 0.0282. The Labute approximate surface area is 113 Å². The van der Waals surface area contributed by atoms with Crippen molar-refractivity contribution in [3.63, 3.8) is 0 Å². The maximum Gasteiger partial charge on any atom is 0.411 e. The van der Waals surface area contributed by atoms with Gasteiger partial charge in [0.2, 0.25) is 5.91 Å². The first-order valence-corrected chi connectivity index (χ1v) is 6.23. The van der Waals surface area contributed by atoms with Gasteiger partial charge in [-0.05, 0) is 25.5 Å². The number of benzene rings is 1. The van der Waals surface area contributed by atoms with Gasteiger partial charge in [0.15, 0.2) is 0 Å². The van der Waals surface area contributed by atoms with Crippen LogP contribution >= 0.6 is 0 Å². The third-order valence-corrected chi connectivity index (χ3v) is 3.10. The van der Waals surface area contributed by atoms with Gasteiger partial charge in [0.05, 0.1) is 5.41 Å². The van der Waals surface area contributed by atoms with Crippen LogP contribution in [-0.2, 0) is 9.53 Å². The van der Waals surface area contributed by atoms with E-state index in [9.17, 15) is 9.59 Å². The van der Waals surface area contributed by atoms with Gasteiger partial charge in [-0.15, -0.1) is 0 Å². The number of nitrogens with one attached hydrogen (secondary N) is 2. The number of hydrogen-bond acceptors (Lipinski definition) is 3. The Kier molecular flexibility index (Phi) is 5.36. The highest BCUT2D eigenvalue weighted by atomic mass is 16.5. The summed E-state index contributed by atoms with van der Waals surface area (Å²) in [5.74, 6) is -0.137. The highest BCUT2D eigenvalue weighted by Crippen LogP contribution is 2.21. The largest absolute Gasteiger partial charge is 0.448 e. The van der Waals surface area contributed by atoms with E-state index >= 15 is 0 Å². The van der Waals surface area contributed by atoms with Gasteiger partial charge in [0, 0.05) is 12.7 Å². The van der Waals surface area contributed by atoms with Crippen LogP contribution in [0.25, 0.3) is 0 Å². The van der Waals surface area contributed by atoms with Crippen LogP contribution in [0.4, 0.5) is 10.5 Å². The van der Waals surface area contributed by atoms with E-state index in [-0.39, 0.29) is 12.5 Å². The van der Waals surface area contributed by atoms with E-state index in [4.69, 9.17) is 4.74 Å². The normalized spacial score (nSPS) is 13.2. The molecule has 19 heavy (non-hydrogen) atoms. The fourth-order valence-electron chi connectivity index (χ4n) is 1.53. The molecule has 0 saturated heterocycles. The molecule has 0 aliphatic carbocycles. The van der Waals surface area contributed by atoms with Crippen molar-refractivity contribution >= 4 is 17.7 Å². The SMILES string of the molecule is CCC(C)(COC(=O)Nc1ccccc1)C(=O)NC. The molecule has 0 spiro atoms. The van der Waals surface area contributed by atoms with Gasteiger partial charge in [-0.1, -0.05) is 25.1 Å². The Morgan fingerprint density at radius 1 is 1.26 bits per heavy atom. The average Bonchev–Trinajstić information content (AvgIpc) is 2.45. The number of rotatable bonds is 5. The number of para-hydroxylation sites is 1. The molecule has 0 bridgehead atoms. The highest BCUT2D eigenvalue weighted by molar-refractivity contribution is 5.85. The zero-order chi connectivity index (χ0) is 14.3. The lowest BCUT2D eigenvalue weighted by atomic mass is 9.87. The molecular formula is C14H20N2O3. The second-order valence-electron chi connectivity index (χ2n) is 4.56. The Morgan fingerprint density at radius 2 is 1.89 bits per heavy atom. The minimum absolute atomic E-state index is 0.0435. The summed E-state index contributed by atoms with van der Waals surface area (Å²) in [7, 11) is 1.57. The van der Waals surface area contributed by atoms with Crippen molar-refractivity contribution in [2.45, 2.75) is 20.3 Å². The van der Waals surface area contributed by atoms with E-state index in [0.717, 1.165) is 0 Å². The summed E-state index contributed by atoms with van der Waals surface area (Å²) in [5.41, 5.74) is -0.0476. The van der Waals surface area contributed by atoms with Crippen molar-refractivity contribution in [2.75, 3.05) is 19.0 Å². The molecule has 0 radical (unpaired) electrons. The van der Waals surface area contributed by atoms with E-state index in [1.54, 1.807) is 26.1 Å². The van der Waals surface area contributed by atoms with Crippen molar-refractivity contribution in [2.24, 2.45) is 5.41 Å². The molecule has 0 aliphatic heterocycles. The van der Waals surface area contributed by atoms with Gasteiger partial charge in [-0.25, -0.2) is 4.79 Å². The number of carbonyl (C=O) groups excluding carboxylic acids is 2. The second-order valence-corrected chi connectivity index (χ2v) is 4.56. The first-order chi connectivity index (χ1) is 9.01. The minimum Gasteiger partial charge on any atom is -0.448 e. The van der Waals surface area contributed by atoms with Crippen LogP contribution in [0.3, 0.4) is 0 Å². The minimum atomic E-state index is -0.706. The standard InChI is InChI=1S/C14H20N2O3/c1-4-14(2,12(17)15-3)10-19-13(18)16-11-8-6-5-7-9-11/h5-9H,4,10H2,1-3H3,(H,15,17)(H,16,18). The van der Waals surface area contributed by atoms with Crippen molar-refractivity contribution in [1.29, 1.82) is 0 Å². The van der Waals surface area contributed by atoms with Gasteiger partial charge in [-0.3, -0.25) is 10.1 Å². The van der Waals surface area contributed by atoms with Crippen LogP contribution in [0.15, 0.2) is 30.3 Å². The first kappa shape index (κ1) is 15.0. The van der Waals surface area contributed by atoms with Gasteiger partial charge < -0.3 is 10.1 Å². The Balaban J connectivity index is 2.51. The lowest BCUT2D eigenvalue weighted by molar-refractivity contribution is -0.131. The fourth-order valence-corrected chi connectivity index (χ4v) is 1.53. The van der Waals surface area contributed by atoms with E-state index in [1.807, 2.05) is 25.1 Å². The number of anilines is 1. The quantitative estimate of drug-likeness (QED) is 0.858. The molecule has 0 aliphatic rings. The zero-order valence-corrected chi connectivity index (χ0v) is 11.5. The summed E-state index contributed by atoms with van der Waals surface area (Å²) in [5, 5.41) is 5.18. The summed E-state index contributed by atoms with van der Waals surface area (Å²) >= 11 is 0. The van der Waals surface area contributed by atoms with Crippen LogP contribution in [-0.4, -0.2) is 25.7 Å². The molecule has 1 unspecified atom stereocenters. The van der Waals surface area contributed by atoms with Gasteiger partial charge in [0.25, 0.3) is 0 Å². The van der Waals surface area contributed by atoms with Crippen LogP contribution in [0, 0.1) is 5.41 Å². The van der Waals surface area contributed by atoms with E-state index < -0.39 is 11.5 Å². The molecule has 0 aromatic heterocycles. The third-order valence-electron chi connectivity index (χ3n) is 3.10. The molecule has 104 valence electrons. The van der Waals surface area contributed by atoms with Crippen molar-refractivity contribution < 1.29 is 14.3 Å². The maximum absolute atomic E-state index is 11.7. The van der Waals surface area contributed by atoms with Crippen molar-refractivity contribution in [1.82, 2.24) is 5.32 Å². The highest BCUT2D eigenvalue weighted by Gasteiger charge is 2.32. The van der Waals surface area contributed by atoms with Gasteiger partial charge >= 0.3 is 6.09 Å². The van der Waals surface area contributed by atoms with E-state index in [1.165, 1.54) is 0 Å². The fraction of sp³-hybridized carbons (Fsp3) is 0.429. The molecule has 1 aromatic carbocycles. The van der Waals surface area contributed by atoms with E-state index in [2.05, 4.69) is 10.6 Å². The molecule has 1 atom stereocenters. The zero-order valence-electron chi connectivity index (χ0n) is 11.5. The number of amides is 2. The molecule has 2 N–H and O–H groups in total. The molecule has 5 heteroatoms. The maximum atomic E-state index is 11.7. The average molecular weight is 264 g/mol. The number of ether oxygens (including phenoxy) is 1. The van der Waals surface area contributed by atoms with Crippen LogP contribution in [0.5, 0.6) is 0 Å². The third kappa shape index (κ3) is 4.28. The monoisotopic (exact) mass is 264 g/mol. The summed E-state index contributed by atoms with van der Waals surface area (Å²) in [6.45, 7) is 3.69. The second kappa shape index (κ2) is 6.78. The summed E-state index contributed by atoms with van der Waals surface area (Å²) in [4.78, 5) is 23.3. The molecular weight excluding hydrogens is 244 g/mol. The Morgan fingerprint density at radius 3 is 2.42 bits per heavy atom. The molecule has 1 aromatic rings. The first-order valence-electron chi connectivity index (χ1n) is 6.23. The predicted octanol–water partition coefficient (Wildman–Crippen LogP) is 2.40. The number of hydrogen-bond donors (Lipinski definition) is 2.